The number of carbonyl (C=O) groups excluding carboxylic acids is 1. The van der Waals surface area contributed by atoms with Crippen molar-refractivity contribution in [2.24, 2.45) is 0 Å². The second-order valence-electron chi connectivity index (χ2n) is 2.86. The fourth-order valence-electron chi connectivity index (χ4n) is 0.940. The summed E-state index contributed by atoms with van der Waals surface area (Å²) in [6, 6.07) is 1.43. The van der Waals surface area contributed by atoms with Crippen LogP contribution in [0.4, 0.5) is 5.00 Å². The number of nitrogens with one attached hydrogen (secondary N) is 1. The van der Waals surface area contributed by atoms with E-state index in [1.165, 1.54) is 6.07 Å². The molecule has 0 aliphatic rings. The third kappa shape index (κ3) is 3.25. The van der Waals surface area contributed by atoms with Gasteiger partial charge in [0.15, 0.2) is 0 Å². The molecule has 0 saturated carbocycles. The summed E-state index contributed by atoms with van der Waals surface area (Å²) in [7, 11) is 0. The zero-order valence-electron chi connectivity index (χ0n) is 7.88. The Bertz CT molecular complexity index is 438. The second-order valence-corrected chi connectivity index (χ2v) is 6.39. The zero-order chi connectivity index (χ0) is 12.5. The Morgan fingerprint density at radius 1 is 1.44 bits per heavy atom. The highest BCUT2D eigenvalue weighted by Crippen LogP contribution is 2.32. The van der Waals surface area contributed by atoms with Gasteiger partial charge in [0.05, 0.1) is 5.56 Å². The maximum Gasteiger partial charge on any atom is 0.338 e. The van der Waals surface area contributed by atoms with Crippen LogP contribution in [0.3, 0.4) is 0 Å². The Kier molecular flexibility index (Phi) is 4.07. The van der Waals surface area contributed by atoms with Crippen molar-refractivity contribution in [3.05, 3.63) is 16.5 Å². The Hall–Kier alpha value is -0.490. The number of hydrogen-bond donors (Lipinski definition) is 2. The number of alkyl halides is 3. The highest BCUT2D eigenvalue weighted by Gasteiger charge is 2.32. The molecule has 0 unspecified atom stereocenters. The molecule has 0 aliphatic heterocycles. The molecular weight excluding hydrogens is 297 g/mol. The van der Waals surface area contributed by atoms with E-state index in [1.807, 2.05) is 0 Å². The Morgan fingerprint density at radius 3 is 2.44 bits per heavy atom. The summed E-state index contributed by atoms with van der Waals surface area (Å²) in [4.78, 5) is 22.9. The Labute approximate surface area is 110 Å². The molecule has 1 heterocycles. The summed E-state index contributed by atoms with van der Waals surface area (Å²) in [5.41, 5.74) is -0.0231. The molecule has 0 aliphatic carbocycles. The van der Waals surface area contributed by atoms with Crippen LogP contribution < -0.4 is 5.32 Å². The lowest BCUT2D eigenvalue weighted by atomic mass is 10.3. The van der Waals surface area contributed by atoms with Crippen molar-refractivity contribution in [2.75, 3.05) is 5.32 Å². The predicted molar refractivity (Wildman–Crippen MR) is 64.9 cm³/mol. The maximum absolute atomic E-state index is 11.3. The van der Waals surface area contributed by atoms with Crippen molar-refractivity contribution in [3.8, 4) is 0 Å². The average molecular weight is 303 g/mol. The van der Waals surface area contributed by atoms with E-state index in [4.69, 9.17) is 39.9 Å². The lowest BCUT2D eigenvalue weighted by Crippen LogP contribution is -2.27. The number of amides is 1. The predicted octanol–water partition coefficient (Wildman–Crippen LogP) is 3.06. The van der Waals surface area contributed by atoms with Gasteiger partial charge in [-0.2, -0.15) is 0 Å². The van der Waals surface area contributed by atoms with Gasteiger partial charge in [0, 0.05) is 4.88 Å². The van der Waals surface area contributed by atoms with Gasteiger partial charge in [-0.3, -0.25) is 4.79 Å². The average Bonchev–Trinajstić information content (AvgIpc) is 2.45. The number of carbonyl (C=O) groups is 2. The van der Waals surface area contributed by atoms with Crippen LogP contribution in [0.5, 0.6) is 0 Å². The van der Waals surface area contributed by atoms with Gasteiger partial charge in [-0.15, -0.1) is 11.3 Å². The van der Waals surface area contributed by atoms with Crippen LogP contribution in [0.2, 0.25) is 0 Å². The largest absolute Gasteiger partial charge is 0.478 e. The first-order valence-corrected chi connectivity index (χ1v) is 5.88. The zero-order valence-corrected chi connectivity index (χ0v) is 11.0. The van der Waals surface area contributed by atoms with E-state index < -0.39 is 15.7 Å². The minimum absolute atomic E-state index is 0.0231. The van der Waals surface area contributed by atoms with Crippen molar-refractivity contribution in [1.82, 2.24) is 0 Å². The van der Waals surface area contributed by atoms with E-state index in [-0.39, 0.29) is 10.6 Å². The van der Waals surface area contributed by atoms with Crippen molar-refractivity contribution in [2.45, 2.75) is 10.7 Å². The number of hydrogen-bond acceptors (Lipinski definition) is 3. The molecule has 1 aromatic rings. The van der Waals surface area contributed by atoms with Crippen LogP contribution in [-0.4, -0.2) is 20.8 Å². The summed E-state index contributed by atoms with van der Waals surface area (Å²) >= 11 is 17.1. The smallest absolute Gasteiger partial charge is 0.338 e. The fourth-order valence-corrected chi connectivity index (χ4v) is 1.98. The van der Waals surface area contributed by atoms with Gasteiger partial charge >= 0.3 is 5.97 Å². The molecule has 2 N–H and O–H groups in total. The molecule has 0 aromatic carbocycles. The van der Waals surface area contributed by atoms with Gasteiger partial charge in [0.25, 0.3) is 9.70 Å². The number of aromatic carboxylic acids is 1. The van der Waals surface area contributed by atoms with E-state index in [2.05, 4.69) is 5.32 Å². The number of carboxylic acids is 1. The molecule has 8 heteroatoms. The normalized spacial score (nSPS) is 11.2. The quantitative estimate of drug-likeness (QED) is 0.825. The summed E-state index contributed by atoms with van der Waals surface area (Å²) in [6.07, 6.45) is 0. The van der Waals surface area contributed by atoms with Crippen LogP contribution in [0.15, 0.2) is 6.07 Å². The van der Waals surface area contributed by atoms with Crippen molar-refractivity contribution >= 4 is 63.0 Å². The lowest BCUT2D eigenvalue weighted by Gasteiger charge is -2.10. The highest BCUT2D eigenvalue weighted by molar-refractivity contribution is 7.16. The Balaban J connectivity index is 2.98. The number of aryl methyl sites for hydroxylation is 1. The molecule has 0 spiro atoms. The lowest BCUT2D eigenvalue weighted by molar-refractivity contribution is -0.115. The Morgan fingerprint density at radius 2 is 2.00 bits per heavy atom. The maximum atomic E-state index is 11.3. The first-order chi connectivity index (χ1) is 7.21. The molecule has 0 atom stereocenters. The fraction of sp³-hybridized carbons (Fsp3) is 0.250. The molecule has 1 amide bonds. The second kappa shape index (κ2) is 4.79. The summed E-state index contributed by atoms with van der Waals surface area (Å²) < 4.78 is -2.12. The SMILES string of the molecule is Cc1cc(C(=O)O)c(NC(=O)C(Cl)(Cl)Cl)s1. The van der Waals surface area contributed by atoms with Crippen molar-refractivity contribution in [3.63, 3.8) is 0 Å². The summed E-state index contributed by atoms with van der Waals surface area (Å²) in [5, 5.41) is 11.3. The first kappa shape index (κ1) is 13.6. The molecule has 1 aromatic heterocycles. The molecule has 0 radical (unpaired) electrons. The van der Waals surface area contributed by atoms with Gasteiger partial charge in [-0.1, -0.05) is 34.8 Å². The molecule has 0 bridgehead atoms. The van der Waals surface area contributed by atoms with Gasteiger partial charge < -0.3 is 10.4 Å². The standard InChI is InChI=1S/C8H6Cl3NO3S/c1-3-2-4(6(13)14)5(16-3)12-7(15)8(9,10)11/h2H,1H3,(H,12,15)(H,13,14). The third-order valence-electron chi connectivity index (χ3n) is 1.57. The van der Waals surface area contributed by atoms with Gasteiger partial charge in [0.2, 0.25) is 0 Å². The highest BCUT2D eigenvalue weighted by atomic mass is 35.6. The monoisotopic (exact) mass is 301 g/mol. The van der Waals surface area contributed by atoms with Crippen molar-refractivity contribution in [1.29, 1.82) is 0 Å². The molecule has 0 saturated heterocycles. The number of halogens is 3. The number of carboxylic acid groups (broad SMARTS) is 1. The minimum atomic E-state index is -2.12. The van der Waals surface area contributed by atoms with Crippen LogP contribution in [0.1, 0.15) is 15.2 Å². The molecule has 88 valence electrons. The van der Waals surface area contributed by atoms with E-state index in [9.17, 15) is 9.59 Å². The van der Waals surface area contributed by atoms with Crippen LogP contribution >= 0.6 is 46.1 Å². The number of thiophene rings is 1. The van der Waals surface area contributed by atoms with Gasteiger partial charge in [-0.25, -0.2) is 4.79 Å². The van der Waals surface area contributed by atoms with E-state index in [0.29, 0.717) is 0 Å². The summed E-state index contributed by atoms with van der Waals surface area (Å²) in [5.74, 6) is -2.04. The molecule has 16 heavy (non-hydrogen) atoms. The molecule has 4 nitrogen and oxygen atoms in total. The molecular formula is C8H6Cl3NO3S. The molecule has 1 rings (SSSR count). The first-order valence-electron chi connectivity index (χ1n) is 3.93. The van der Waals surface area contributed by atoms with Crippen LogP contribution in [-0.2, 0) is 4.79 Å². The van der Waals surface area contributed by atoms with Gasteiger partial charge in [0.1, 0.15) is 5.00 Å². The van der Waals surface area contributed by atoms with Gasteiger partial charge in [-0.05, 0) is 13.0 Å². The minimum Gasteiger partial charge on any atom is -0.478 e. The number of anilines is 1. The van der Waals surface area contributed by atoms with Crippen LogP contribution in [0.25, 0.3) is 0 Å². The van der Waals surface area contributed by atoms with E-state index >= 15 is 0 Å². The van der Waals surface area contributed by atoms with E-state index in [1.54, 1.807) is 6.92 Å². The number of rotatable bonds is 2. The topological polar surface area (TPSA) is 66.4 Å². The van der Waals surface area contributed by atoms with Crippen molar-refractivity contribution < 1.29 is 14.7 Å². The third-order valence-corrected chi connectivity index (χ3v) is 3.05. The van der Waals surface area contributed by atoms with E-state index in [0.717, 1.165) is 16.2 Å². The summed E-state index contributed by atoms with van der Waals surface area (Å²) in [6.45, 7) is 1.71. The molecule has 0 fully saturated rings. The van der Waals surface area contributed by atoms with Crippen LogP contribution in [0, 0.1) is 6.92 Å².